The van der Waals surface area contributed by atoms with Gasteiger partial charge in [0.05, 0.1) is 30.0 Å². The molecule has 1 aromatic heterocycles. The van der Waals surface area contributed by atoms with E-state index in [-0.39, 0.29) is 35.7 Å². The Morgan fingerprint density at radius 2 is 1.81 bits per heavy atom. The van der Waals surface area contributed by atoms with Crippen molar-refractivity contribution in [1.82, 2.24) is 14.8 Å². The van der Waals surface area contributed by atoms with E-state index in [1.807, 2.05) is 6.07 Å². The monoisotopic (exact) mass is 377 g/mol. The number of fused-ring (bicyclic) bond motifs is 1. The quantitative estimate of drug-likeness (QED) is 0.754. The molecule has 0 bridgehead atoms. The van der Waals surface area contributed by atoms with Crippen molar-refractivity contribution in [2.24, 2.45) is 5.92 Å². The van der Waals surface area contributed by atoms with Crippen molar-refractivity contribution >= 4 is 21.7 Å². The Hall–Kier alpha value is -1.96. The molecule has 7 nitrogen and oxygen atoms in total. The summed E-state index contributed by atoms with van der Waals surface area (Å²) in [6.07, 6.45) is 6.35. The highest BCUT2D eigenvalue weighted by molar-refractivity contribution is 7.91. The number of nitrogens with zero attached hydrogens (tertiary/aromatic N) is 3. The molecule has 140 valence electrons. The molecular formula is C18H23N3O4S. The summed E-state index contributed by atoms with van der Waals surface area (Å²) >= 11 is 0. The molecule has 0 unspecified atom stereocenters. The lowest BCUT2D eigenvalue weighted by molar-refractivity contribution is -0.149. The van der Waals surface area contributed by atoms with Crippen LogP contribution < -0.4 is 0 Å². The maximum atomic E-state index is 12.8. The summed E-state index contributed by atoms with van der Waals surface area (Å²) < 4.78 is 24.5. The maximum Gasteiger partial charge on any atom is 0.227 e. The lowest BCUT2D eigenvalue weighted by atomic mass is 9.83. The van der Waals surface area contributed by atoms with E-state index in [0.717, 1.165) is 24.8 Å². The predicted molar refractivity (Wildman–Crippen MR) is 94.9 cm³/mol. The number of piperazine rings is 1. The number of hydrogen-bond donors (Lipinski definition) is 0. The van der Waals surface area contributed by atoms with Crippen LogP contribution in [0.15, 0.2) is 24.5 Å². The van der Waals surface area contributed by atoms with Gasteiger partial charge >= 0.3 is 0 Å². The smallest absolute Gasteiger partial charge is 0.227 e. The summed E-state index contributed by atoms with van der Waals surface area (Å²) in [7, 11) is -3.25. The molecule has 1 aromatic rings. The van der Waals surface area contributed by atoms with Crippen LogP contribution in [0.1, 0.15) is 24.8 Å². The molecule has 3 fully saturated rings. The second kappa shape index (κ2) is 6.64. The largest absolute Gasteiger partial charge is 0.335 e. The number of amides is 2. The zero-order chi connectivity index (χ0) is 18.3. The van der Waals surface area contributed by atoms with Gasteiger partial charge in [0.15, 0.2) is 9.84 Å². The van der Waals surface area contributed by atoms with E-state index in [9.17, 15) is 18.0 Å². The molecule has 3 aliphatic rings. The molecule has 2 amide bonds. The Kier molecular flexibility index (Phi) is 4.46. The third kappa shape index (κ3) is 3.22. The van der Waals surface area contributed by atoms with Gasteiger partial charge in [0.1, 0.15) is 0 Å². The van der Waals surface area contributed by atoms with E-state index in [4.69, 9.17) is 0 Å². The number of sulfone groups is 1. The van der Waals surface area contributed by atoms with Gasteiger partial charge in [-0.15, -0.1) is 0 Å². The van der Waals surface area contributed by atoms with Gasteiger partial charge in [-0.1, -0.05) is 12.5 Å². The molecule has 0 N–H and O–H groups in total. The Morgan fingerprint density at radius 3 is 2.42 bits per heavy atom. The van der Waals surface area contributed by atoms with Crippen molar-refractivity contribution in [3.63, 3.8) is 0 Å². The van der Waals surface area contributed by atoms with Gasteiger partial charge in [-0.3, -0.25) is 14.6 Å². The van der Waals surface area contributed by atoms with Crippen LogP contribution in [0.3, 0.4) is 0 Å². The van der Waals surface area contributed by atoms with Gasteiger partial charge in [0, 0.05) is 31.4 Å². The van der Waals surface area contributed by atoms with Gasteiger partial charge in [-0.05, 0) is 24.5 Å². The predicted octanol–water partition coefficient (Wildman–Crippen LogP) is 0.261. The molecule has 8 heteroatoms. The molecule has 1 aliphatic carbocycles. The van der Waals surface area contributed by atoms with Gasteiger partial charge in [-0.2, -0.15) is 0 Å². The highest BCUT2D eigenvalue weighted by Gasteiger charge is 2.50. The van der Waals surface area contributed by atoms with E-state index in [0.29, 0.717) is 13.1 Å². The molecule has 0 aromatic carbocycles. The van der Waals surface area contributed by atoms with E-state index >= 15 is 0 Å². The summed E-state index contributed by atoms with van der Waals surface area (Å²) in [6, 6.07) is 2.78. The summed E-state index contributed by atoms with van der Waals surface area (Å²) in [5, 5.41) is 0. The summed E-state index contributed by atoms with van der Waals surface area (Å²) in [5.74, 6) is -0.0716. The van der Waals surface area contributed by atoms with Crippen molar-refractivity contribution < 1.29 is 18.0 Å². The first-order chi connectivity index (χ1) is 12.4. The van der Waals surface area contributed by atoms with Gasteiger partial charge in [-0.25, -0.2) is 8.42 Å². The molecule has 4 rings (SSSR count). The number of carbonyl (C=O) groups is 2. The summed E-state index contributed by atoms with van der Waals surface area (Å²) in [4.78, 5) is 33.0. The van der Waals surface area contributed by atoms with Gasteiger partial charge in [0.25, 0.3) is 0 Å². The molecule has 26 heavy (non-hydrogen) atoms. The Bertz CT molecular complexity index is 807. The topological polar surface area (TPSA) is 87.7 Å². The SMILES string of the molecule is O=C(C1CCC1)N1CCN(C(=O)Cc2cccnc2)[C@H]2CS(=O)(=O)C[C@H]21. The average Bonchev–Trinajstić information content (AvgIpc) is 2.87. The minimum absolute atomic E-state index is 0.0349. The molecule has 2 atom stereocenters. The zero-order valence-corrected chi connectivity index (χ0v) is 15.4. The number of pyridine rings is 1. The second-order valence-electron chi connectivity index (χ2n) is 7.50. The van der Waals surface area contributed by atoms with Crippen LogP contribution in [0.4, 0.5) is 0 Å². The lowest BCUT2D eigenvalue weighted by Crippen LogP contribution is -2.63. The normalized spacial score (nSPS) is 27.7. The lowest BCUT2D eigenvalue weighted by Gasteiger charge is -2.45. The van der Waals surface area contributed by atoms with Crippen molar-refractivity contribution in [3.8, 4) is 0 Å². The summed E-state index contributed by atoms with van der Waals surface area (Å²) in [5.41, 5.74) is 0.808. The molecule has 0 spiro atoms. The molecule has 2 aliphatic heterocycles. The first-order valence-corrected chi connectivity index (χ1v) is 11.0. The van der Waals surface area contributed by atoms with Crippen LogP contribution in [-0.4, -0.2) is 71.7 Å². The van der Waals surface area contributed by atoms with Gasteiger partial charge < -0.3 is 9.80 Å². The van der Waals surface area contributed by atoms with Crippen LogP contribution in [-0.2, 0) is 25.8 Å². The highest BCUT2D eigenvalue weighted by Crippen LogP contribution is 2.33. The Morgan fingerprint density at radius 1 is 1.12 bits per heavy atom. The van der Waals surface area contributed by atoms with Crippen LogP contribution in [0, 0.1) is 5.92 Å². The Labute approximate surface area is 153 Å². The fourth-order valence-electron chi connectivity index (χ4n) is 4.20. The van der Waals surface area contributed by atoms with Crippen molar-refractivity contribution in [2.75, 3.05) is 24.6 Å². The van der Waals surface area contributed by atoms with E-state index in [2.05, 4.69) is 4.98 Å². The first-order valence-electron chi connectivity index (χ1n) is 9.14. The van der Waals surface area contributed by atoms with Gasteiger partial charge in [0.2, 0.25) is 11.8 Å². The van der Waals surface area contributed by atoms with Crippen LogP contribution >= 0.6 is 0 Å². The minimum atomic E-state index is -3.25. The molecule has 2 saturated heterocycles. The van der Waals surface area contributed by atoms with Crippen LogP contribution in [0.25, 0.3) is 0 Å². The number of hydrogen-bond acceptors (Lipinski definition) is 5. The molecular weight excluding hydrogens is 354 g/mol. The molecule has 0 radical (unpaired) electrons. The molecule has 1 saturated carbocycles. The highest BCUT2D eigenvalue weighted by atomic mass is 32.2. The van der Waals surface area contributed by atoms with E-state index in [1.54, 1.807) is 28.3 Å². The van der Waals surface area contributed by atoms with Crippen LogP contribution in [0.2, 0.25) is 0 Å². The second-order valence-corrected chi connectivity index (χ2v) is 9.65. The van der Waals surface area contributed by atoms with Crippen molar-refractivity contribution in [2.45, 2.75) is 37.8 Å². The number of aromatic nitrogens is 1. The third-order valence-electron chi connectivity index (χ3n) is 5.81. The van der Waals surface area contributed by atoms with Crippen molar-refractivity contribution in [3.05, 3.63) is 30.1 Å². The molecule has 3 heterocycles. The van der Waals surface area contributed by atoms with E-state index < -0.39 is 21.9 Å². The standard InChI is InChI=1S/C18H23N3O4S/c22-17(9-13-3-2-6-19-10-13)20-7-8-21(18(23)14-4-1-5-14)16-12-26(24,25)11-15(16)20/h2-3,6,10,14-16H,1,4-5,7-9,11-12H2/t15-,16+/m0/s1. The average molecular weight is 377 g/mol. The third-order valence-corrected chi connectivity index (χ3v) is 7.51. The fraction of sp³-hybridized carbons (Fsp3) is 0.611. The van der Waals surface area contributed by atoms with Crippen molar-refractivity contribution in [1.29, 1.82) is 0 Å². The van der Waals surface area contributed by atoms with E-state index in [1.165, 1.54) is 0 Å². The summed E-state index contributed by atoms with van der Waals surface area (Å²) in [6.45, 7) is 0.818. The van der Waals surface area contributed by atoms with Crippen LogP contribution in [0.5, 0.6) is 0 Å². The minimum Gasteiger partial charge on any atom is -0.335 e. The Balaban J connectivity index is 1.53. The fourth-order valence-corrected chi connectivity index (χ4v) is 6.19. The maximum absolute atomic E-state index is 12.8. The number of rotatable bonds is 3. The first kappa shape index (κ1) is 17.5. The zero-order valence-electron chi connectivity index (χ0n) is 14.6. The number of carbonyl (C=O) groups excluding carboxylic acids is 2.